The standard InChI is InChI=1S/C15H23F2NO2S/c1-2-3-4-5-6-9-12-18-13-10-7-8-11-14(13)21(19,20)15(16)17/h7-8,10-11,15,18H,2-6,9,12H2,1H3. The zero-order chi connectivity index (χ0) is 15.7. The maximum absolute atomic E-state index is 12.6. The molecule has 1 aromatic rings. The minimum atomic E-state index is -4.56. The Hall–Kier alpha value is -1.17. The van der Waals surface area contributed by atoms with Crippen molar-refractivity contribution in [3.8, 4) is 0 Å². The summed E-state index contributed by atoms with van der Waals surface area (Å²) in [7, 11) is -4.56. The van der Waals surface area contributed by atoms with Gasteiger partial charge in [-0.2, -0.15) is 8.78 Å². The van der Waals surface area contributed by atoms with E-state index in [1.54, 1.807) is 6.07 Å². The van der Waals surface area contributed by atoms with Crippen LogP contribution in [0.4, 0.5) is 14.5 Å². The molecular formula is C15H23F2NO2S. The molecule has 0 bridgehead atoms. The molecule has 0 aromatic heterocycles. The molecule has 0 spiro atoms. The second-order valence-electron chi connectivity index (χ2n) is 5.00. The first-order chi connectivity index (χ1) is 10.00. The van der Waals surface area contributed by atoms with Crippen LogP contribution >= 0.6 is 0 Å². The van der Waals surface area contributed by atoms with Gasteiger partial charge in [-0.15, -0.1) is 0 Å². The van der Waals surface area contributed by atoms with Gasteiger partial charge in [0.15, 0.2) is 0 Å². The molecule has 0 radical (unpaired) electrons. The van der Waals surface area contributed by atoms with Crippen molar-refractivity contribution in [3.05, 3.63) is 24.3 Å². The van der Waals surface area contributed by atoms with E-state index in [0.717, 1.165) is 19.3 Å². The number of sulfone groups is 1. The Morgan fingerprint density at radius 1 is 1.05 bits per heavy atom. The second kappa shape index (κ2) is 8.97. The molecule has 0 heterocycles. The molecule has 0 unspecified atom stereocenters. The van der Waals surface area contributed by atoms with E-state index >= 15 is 0 Å². The molecule has 0 saturated heterocycles. The molecule has 0 aliphatic rings. The number of hydrogen-bond donors (Lipinski definition) is 1. The average Bonchev–Trinajstić information content (AvgIpc) is 2.46. The third-order valence-corrected chi connectivity index (χ3v) is 4.71. The van der Waals surface area contributed by atoms with Crippen LogP contribution in [0.15, 0.2) is 29.2 Å². The van der Waals surface area contributed by atoms with Gasteiger partial charge in [-0.3, -0.25) is 0 Å². The van der Waals surface area contributed by atoms with Crippen molar-refractivity contribution in [2.75, 3.05) is 11.9 Å². The Balaban J connectivity index is 2.53. The van der Waals surface area contributed by atoms with Gasteiger partial charge in [0.25, 0.3) is 0 Å². The highest BCUT2D eigenvalue weighted by Gasteiger charge is 2.28. The van der Waals surface area contributed by atoms with Crippen molar-refractivity contribution >= 4 is 15.5 Å². The van der Waals surface area contributed by atoms with Gasteiger partial charge in [-0.1, -0.05) is 51.2 Å². The maximum atomic E-state index is 12.6. The summed E-state index contributed by atoms with van der Waals surface area (Å²) in [5.74, 6) is -3.39. The number of rotatable bonds is 10. The van der Waals surface area contributed by atoms with Crippen molar-refractivity contribution in [1.29, 1.82) is 0 Å². The smallest absolute Gasteiger partial charge is 0.341 e. The predicted molar refractivity (Wildman–Crippen MR) is 81.5 cm³/mol. The average molecular weight is 319 g/mol. The monoisotopic (exact) mass is 319 g/mol. The van der Waals surface area contributed by atoms with E-state index in [1.807, 2.05) is 0 Å². The van der Waals surface area contributed by atoms with Crippen molar-refractivity contribution in [1.82, 2.24) is 0 Å². The maximum Gasteiger partial charge on any atom is 0.341 e. The zero-order valence-electron chi connectivity index (χ0n) is 12.3. The molecule has 21 heavy (non-hydrogen) atoms. The van der Waals surface area contributed by atoms with Crippen LogP contribution in [0, 0.1) is 0 Å². The quantitative estimate of drug-likeness (QED) is 0.648. The van der Waals surface area contributed by atoms with Gasteiger partial charge in [-0.25, -0.2) is 8.42 Å². The van der Waals surface area contributed by atoms with Crippen LogP contribution in [0.1, 0.15) is 45.4 Å². The minimum Gasteiger partial charge on any atom is -0.384 e. The lowest BCUT2D eigenvalue weighted by Crippen LogP contribution is -2.14. The number of anilines is 1. The van der Waals surface area contributed by atoms with Crippen LogP contribution in [-0.2, 0) is 9.84 Å². The van der Waals surface area contributed by atoms with Gasteiger partial charge in [0, 0.05) is 6.54 Å². The van der Waals surface area contributed by atoms with Gasteiger partial charge in [0.1, 0.15) is 0 Å². The Labute approximate surface area is 125 Å². The first-order valence-corrected chi connectivity index (χ1v) is 8.89. The van der Waals surface area contributed by atoms with Crippen LogP contribution in [0.3, 0.4) is 0 Å². The number of nitrogens with one attached hydrogen (secondary N) is 1. The van der Waals surface area contributed by atoms with Gasteiger partial charge in [0.2, 0.25) is 9.84 Å². The Kier molecular flexibility index (Phi) is 7.64. The molecular weight excluding hydrogens is 296 g/mol. The van der Waals surface area contributed by atoms with Gasteiger partial charge < -0.3 is 5.32 Å². The molecule has 3 nitrogen and oxygen atoms in total. The van der Waals surface area contributed by atoms with Crippen molar-refractivity contribution < 1.29 is 17.2 Å². The molecule has 120 valence electrons. The molecule has 0 atom stereocenters. The van der Waals surface area contributed by atoms with Gasteiger partial charge in [0.05, 0.1) is 10.6 Å². The van der Waals surface area contributed by atoms with Gasteiger partial charge in [-0.05, 0) is 18.6 Å². The Bertz CT molecular complexity index is 518. The number of halogens is 2. The van der Waals surface area contributed by atoms with Crippen LogP contribution in [-0.4, -0.2) is 20.7 Å². The Morgan fingerprint density at radius 3 is 2.33 bits per heavy atom. The fourth-order valence-electron chi connectivity index (χ4n) is 2.09. The third-order valence-electron chi connectivity index (χ3n) is 3.27. The molecule has 0 aliphatic heterocycles. The first kappa shape index (κ1) is 17.9. The summed E-state index contributed by atoms with van der Waals surface area (Å²) in [6.45, 7) is 2.74. The molecule has 0 saturated carbocycles. The highest BCUT2D eigenvalue weighted by Crippen LogP contribution is 2.26. The summed E-state index contributed by atoms with van der Waals surface area (Å²) in [6, 6.07) is 5.82. The van der Waals surface area contributed by atoms with E-state index < -0.39 is 15.6 Å². The fraction of sp³-hybridized carbons (Fsp3) is 0.600. The lowest BCUT2D eigenvalue weighted by Gasteiger charge is -2.12. The highest BCUT2D eigenvalue weighted by molar-refractivity contribution is 7.91. The van der Waals surface area contributed by atoms with E-state index in [2.05, 4.69) is 12.2 Å². The Morgan fingerprint density at radius 2 is 1.67 bits per heavy atom. The number of benzene rings is 1. The number of alkyl halides is 2. The molecule has 1 rings (SSSR count). The van der Waals surface area contributed by atoms with Crippen LogP contribution in [0.25, 0.3) is 0 Å². The van der Waals surface area contributed by atoms with Crippen LogP contribution in [0.5, 0.6) is 0 Å². The first-order valence-electron chi connectivity index (χ1n) is 7.35. The molecule has 0 amide bonds. The SMILES string of the molecule is CCCCCCCCNc1ccccc1S(=O)(=O)C(F)F. The van der Waals surface area contributed by atoms with Crippen LogP contribution in [0.2, 0.25) is 0 Å². The zero-order valence-corrected chi connectivity index (χ0v) is 13.1. The summed E-state index contributed by atoms with van der Waals surface area (Å²) in [5.41, 5.74) is 0.256. The topological polar surface area (TPSA) is 46.2 Å². The van der Waals surface area contributed by atoms with Crippen molar-refractivity contribution in [3.63, 3.8) is 0 Å². The van der Waals surface area contributed by atoms with E-state index in [4.69, 9.17) is 0 Å². The van der Waals surface area contributed by atoms with Gasteiger partial charge >= 0.3 is 5.76 Å². The molecule has 0 fully saturated rings. The fourth-order valence-corrected chi connectivity index (χ4v) is 2.99. The molecule has 1 N–H and O–H groups in total. The summed E-state index contributed by atoms with van der Waals surface area (Å²) in [4.78, 5) is -0.328. The second-order valence-corrected chi connectivity index (χ2v) is 6.88. The lowest BCUT2D eigenvalue weighted by atomic mass is 10.1. The summed E-state index contributed by atoms with van der Waals surface area (Å²) >= 11 is 0. The summed E-state index contributed by atoms with van der Waals surface area (Å²) in [6.07, 6.45) is 6.71. The number of hydrogen-bond acceptors (Lipinski definition) is 3. The normalized spacial score (nSPS) is 11.8. The summed E-state index contributed by atoms with van der Waals surface area (Å²) in [5, 5.41) is 2.95. The van der Waals surface area contributed by atoms with E-state index in [9.17, 15) is 17.2 Å². The molecule has 0 aliphatic carbocycles. The van der Waals surface area contributed by atoms with E-state index in [-0.39, 0.29) is 10.6 Å². The minimum absolute atomic E-state index is 0.256. The van der Waals surface area contributed by atoms with Crippen LogP contribution < -0.4 is 5.32 Å². The number of unbranched alkanes of at least 4 members (excludes halogenated alkanes) is 5. The lowest BCUT2D eigenvalue weighted by molar-refractivity contribution is 0.235. The number of para-hydroxylation sites is 1. The van der Waals surface area contributed by atoms with E-state index in [1.165, 1.54) is 37.5 Å². The van der Waals surface area contributed by atoms with Crippen molar-refractivity contribution in [2.24, 2.45) is 0 Å². The van der Waals surface area contributed by atoms with Crippen molar-refractivity contribution in [2.45, 2.75) is 56.1 Å². The third kappa shape index (κ3) is 5.61. The molecule has 6 heteroatoms. The largest absolute Gasteiger partial charge is 0.384 e. The highest BCUT2D eigenvalue weighted by atomic mass is 32.2. The molecule has 1 aromatic carbocycles. The predicted octanol–water partition coefficient (Wildman–Crippen LogP) is 4.46. The van der Waals surface area contributed by atoms with E-state index in [0.29, 0.717) is 6.54 Å². The summed E-state index contributed by atoms with van der Waals surface area (Å²) < 4.78 is 48.4.